The molecule has 0 aromatic heterocycles. The third-order valence-electron chi connectivity index (χ3n) is 8.31. The molecule has 0 amide bonds. The first-order valence-electron chi connectivity index (χ1n) is 10.7. The highest BCUT2D eigenvalue weighted by Crippen LogP contribution is 2.70. The van der Waals surface area contributed by atoms with Crippen LogP contribution in [0.25, 0.3) is 0 Å². The first-order chi connectivity index (χ1) is 12.3. The van der Waals surface area contributed by atoms with Crippen LogP contribution in [0.3, 0.4) is 0 Å². The van der Waals surface area contributed by atoms with E-state index in [4.69, 9.17) is 4.43 Å². The molecule has 4 bridgehead atoms. The number of rotatable bonds is 3. The van der Waals surface area contributed by atoms with Crippen molar-refractivity contribution in [2.45, 2.75) is 96.7 Å². The summed E-state index contributed by atoms with van der Waals surface area (Å²) in [7, 11) is -1.86. The van der Waals surface area contributed by atoms with Crippen molar-refractivity contribution < 1.29 is 4.43 Å². The van der Waals surface area contributed by atoms with Crippen LogP contribution in [-0.4, -0.2) is 8.32 Å². The minimum Gasteiger partial charge on any atom is -0.543 e. The maximum atomic E-state index is 6.93. The molecule has 4 fully saturated rings. The van der Waals surface area contributed by atoms with E-state index in [1.165, 1.54) is 54.3 Å². The predicted molar refractivity (Wildman–Crippen MR) is 121 cm³/mol. The van der Waals surface area contributed by atoms with E-state index in [-0.39, 0.29) is 5.04 Å². The topological polar surface area (TPSA) is 9.23 Å². The van der Waals surface area contributed by atoms with Gasteiger partial charge in [0.05, 0.1) is 0 Å². The van der Waals surface area contributed by atoms with Gasteiger partial charge in [-0.2, -0.15) is 0 Å². The molecule has 0 heterocycles. The van der Waals surface area contributed by atoms with Gasteiger partial charge >= 0.3 is 0 Å². The standard InChI is InChI=1S/C24H37BrOSi/c1-21(2,3)27(6,7)26-20-9-8-18(25)10-19(20)24-13-17-11-22(4,15-24)14-23(5,12-17)16-24/h8-10,17H,11-16H2,1-7H3. The van der Waals surface area contributed by atoms with Crippen LogP contribution in [0.5, 0.6) is 5.75 Å². The summed E-state index contributed by atoms with van der Waals surface area (Å²) < 4.78 is 8.13. The molecule has 4 aliphatic carbocycles. The molecule has 1 nitrogen and oxygen atoms in total. The van der Waals surface area contributed by atoms with Crippen molar-refractivity contribution in [3.8, 4) is 5.75 Å². The highest BCUT2D eigenvalue weighted by atomic mass is 79.9. The maximum Gasteiger partial charge on any atom is 0.250 e. The number of hydrogen-bond donors (Lipinski definition) is 0. The zero-order chi connectivity index (χ0) is 19.9. The predicted octanol–water partition coefficient (Wildman–Crippen LogP) is 8.08. The minimum absolute atomic E-state index is 0.219. The second-order valence-electron chi connectivity index (χ2n) is 12.4. The Hall–Kier alpha value is -0.283. The number of halogens is 1. The molecule has 4 saturated carbocycles. The molecule has 0 saturated heterocycles. The zero-order valence-corrected chi connectivity index (χ0v) is 20.9. The van der Waals surface area contributed by atoms with Crippen molar-refractivity contribution in [1.29, 1.82) is 0 Å². The van der Waals surface area contributed by atoms with Crippen LogP contribution in [0.15, 0.2) is 22.7 Å². The van der Waals surface area contributed by atoms with Crippen molar-refractivity contribution in [3.63, 3.8) is 0 Å². The lowest BCUT2D eigenvalue weighted by atomic mass is 9.39. The van der Waals surface area contributed by atoms with E-state index in [0.717, 1.165) is 5.92 Å². The first-order valence-corrected chi connectivity index (χ1v) is 14.4. The molecule has 2 unspecified atom stereocenters. The molecule has 150 valence electrons. The van der Waals surface area contributed by atoms with Gasteiger partial charge in [0.1, 0.15) is 5.75 Å². The fourth-order valence-corrected chi connectivity index (χ4v) is 8.58. The molecular weight excluding hydrogens is 412 g/mol. The van der Waals surface area contributed by atoms with E-state index in [2.05, 4.69) is 81.8 Å². The van der Waals surface area contributed by atoms with Crippen LogP contribution in [0.1, 0.15) is 78.7 Å². The van der Waals surface area contributed by atoms with Crippen LogP contribution >= 0.6 is 15.9 Å². The van der Waals surface area contributed by atoms with Gasteiger partial charge in [-0.3, -0.25) is 0 Å². The van der Waals surface area contributed by atoms with E-state index in [1.54, 1.807) is 0 Å². The second-order valence-corrected chi connectivity index (χ2v) is 18.1. The normalized spacial score (nSPS) is 38.3. The summed E-state index contributed by atoms with van der Waals surface area (Å²) in [5.41, 5.74) is 2.85. The zero-order valence-electron chi connectivity index (χ0n) is 18.3. The van der Waals surface area contributed by atoms with Gasteiger partial charge in [0.25, 0.3) is 0 Å². The molecule has 1 aromatic rings. The number of hydrogen-bond acceptors (Lipinski definition) is 1. The third kappa shape index (κ3) is 3.35. The van der Waals surface area contributed by atoms with E-state index < -0.39 is 8.32 Å². The lowest BCUT2D eigenvalue weighted by Gasteiger charge is -2.65. The number of benzene rings is 1. The van der Waals surface area contributed by atoms with Gasteiger partial charge in [0.15, 0.2) is 0 Å². The Kier molecular flexibility index (Phi) is 4.35. The van der Waals surface area contributed by atoms with Crippen LogP contribution < -0.4 is 4.43 Å². The molecule has 1 aromatic carbocycles. The second kappa shape index (κ2) is 5.87. The van der Waals surface area contributed by atoms with Gasteiger partial charge in [0.2, 0.25) is 8.32 Å². The van der Waals surface area contributed by atoms with Crippen molar-refractivity contribution >= 4 is 24.2 Å². The average Bonchev–Trinajstić information content (AvgIpc) is 2.43. The summed E-state index contributed by atoms with van der Waals surface area (Å²) in [5.74, 6) is 2.08. The molecule has 5 rings (SSSR count). The average molecular weight is 450 g/mol. The maximum absolute atomic E-state index is 6.93. The first kappa shape index (κ1) is 20.0. The van der Waals surface area contributed by atoms with E-state index in [9.17, 15) is 0 Å². The van der Waals surface area contributed by atoms with Gasteiger partial charge in [-0.25, -0.2) is 0 Å². The van der Waals surface area contributed by atoms with Crippen LogP contribution in [0.2, 0.25) is 18.1 Å². The molecule has 0 radical (unpaired) electrons. The van der Waals surface area contributed by atoms with Gasteiger partial charge < -0.3 is 4.43 Å². The Labute approximate surface area is 175 Å². The Balaban J connectivity index is 1.79. The summed E-state index contributed by atoms with van der Waals surface area (Å²) >= 11 is 3.78. The summed E-state index contributed by atoms with van der Waals surface area (Å²) in [6, 6.07) is 6.83. The Morgan fingerprint density at radius 3 is 2.11 bits per heavy atom. The Bertz CT molecular complexity index is 744. The van der Waals surface area contributed by atoms with E-state index in [0.29, 0.717) is 16.2 Å². The molecule has 0 N–H and O–H groups in total. The van der Waals surface area contributed by atoms with Crippen LogP contribution in [0, 0.1) is 16.7 Å². The van der Waals surface area contributed by atoms with E-state index >= 15 is 0 Å². The molecule has 2 atom stereocenters. The fraction of sp³-hybridized carbons (Fsp3) is 0.750. The summed E-state index contributed by atoms with van der Waals surface area (Å²) in [5, 5.41) is 0.219. The van der Waals surface area contributed by atoms with Gasteiger partial charge in [-0.1, -0.05) is 50.5 Å². The third-order valence-corrected chi connectivity index (χ3v) is 13.1. The van der Waals surface area contributed by atoms with Gasteiger partial charge in [-0.05, 0) is 91.6 Å². The van der Waals surface area contributed by atoms with Crippen molar-refractivity contribution in [1.82, 2.24) is 0 Å². The van der Waals surface area contributed by atoms with Gasteiger partial charge in [-0.15, -0.1) is 0 Å². The molecule has 27 heavy (non-hydrogen) atoms. The summed E-state index contributed by atoms with van der Waals surface area (Å²) in [4.78, 5) is 0. The SMILES string of the molecule is CC12CC3CC(C)(C1)CC(c1cc(Br)ccc1O[Si](C)(C)C(C)(C)C)(C3)C2. The smallest absolute Gasteiger partial charge is 0.250 e. The molecule has 3 heteroatoms. The lowest BCUT2D eigenvalue weighted by Crippen LogP contribution is -2.57. The molecule has 0 spiro atoms. The monoisotopic (exact) mass is 448 g/mol. The highest BCUT2D eigenvalue weighted by molar-refractivity contribution is 9.10. The lowest BCUT2D eigenvalue weighted by molar-refractivity contribution is -0.110. The van der Waals surface area contributed by atoms with Gasteiger partial charge in [0, 0.05) is 15.5 Å². The molecular formula is C24H37BrOSi. The van der Waals surface area contributed by atoms with Crippen LogP contribution in [0.4, 0.5) is 0 Å². The quantitative estimate of drug-likeness (QED) is 0.424. The highest BCUT2D eigenvalue weighted by Gasteiger charge is 2.61. The fourth-order valence-electron chi connectivity index (χ4n) is 7.18. The summed E-state index contributed by atoms with van der Waals surface area (Å²) in [6.45, 7) is 16.9. The minimum atomic E-state index is -1.86. The van der Waals surface area contributed by atoms with Crippen molar-refractivity contribution in [3.05, 3.63) is 28.2 Å². The molecule has 0 aliphatic heterocycles. The molecule has 4 aliphatic rings. The largest absolute Gasteiger partial charge is 0.543 e. The van der Waals surface area contributed by atoms with E-state index in [1.807, 2.05) is 0 Å². The van der Waals surface area contributed by atoms with Crippen LogP contribution in [-0.2, 0) is 5.41 Å². The van der Waals surface area contributed by atoms with Crippen molar-refractivity contribution in [2.75, 3.05) is 0 Å². The summed E-state index contributed by atoms with van der Waals surface area (Å²) in [6.07, 6.45) is 8.35. The Morgan fingerprint density at radius 2 is 1.59 bits per heavy atom. The van der Waals surface area contributed by atoms with Crippen molar-refractivity contribution in [2.24, 2.45) is 16.7 Å². The Morgan fingerprint density at radius 1 is 1.00 bits per heavy atom.